The largest absolute Gasteiger partial charge is 0.369 e. The Balaban J connectivity index is 1.86. The van der Waals surface area contributed by atoms with Gasteiger partial charge < -0.3 is 15.0 Å². The molecule has 1 saturated heterocycles. The maximum atomic E-state index is 11.7. The number of aromatic amines is 1. The number of allylic oxidation sites excluding steroid dienone is 1. The van der Waals surface area contributed by atoms with Gasteiger partial charge in [-0.15, -0.1) is 0 Å². The standard InChI is InChI=1S/C11H11N5O2/c12-10-14-8-7(9(17)15-10)13-5-16(8)6-1-2-11(3-6)4-18-11/h1-2,5-6H,3-4H2,(H3,12,14,15,17)/t6-,11+/m0/s1. The van der Waals surface area contributed by atoms with Crippen molar-refractivity contribution in [2.75, 3.05) is 12.3 Å². The summed E-state index contributed by atoms with van der Waals surface area (Å²) < 4.78 is 7.28. The van der Waals surface area contributed by atoms with E-state index in [2.05, 4.69) is 27.1 Å². The lowest BCUT2D eigenvalue weighted by molar-refractivity contribution is 0.330. The molecule has 4 rings (SSSR count). The number of nitrogen functional groups attached to an aromatic ring is 1. The average Bonchev–Trinajstić information content (AvgIpc) is 2.76. The summed E-state index contributed by atoms with van der Waals surface area (Å²) >= 11 is 0. The molecule has 3 heterocycles. The van der Waals surface area contributed by atoms with Gasteiger partial charge >= 0.3 is 0 Å². The first-order chi connectivity index (χ1) is 8.67. The summed E-state index contributed by atoms with van der Waals surface area (Å²) in [5, 5.41) is 0. The molecule has 0 saturated carbocycles. The van der Waals surface area contributed by atoms with Gasteiger partial charge in [0.05, 0.1) is 19.0 Å². The van der Waals surface area contributed by atoms with E-state index >= 15 is 0 Å². The van der Waals surface area contributed by atoms with Gasteiger partial charge in [0.1, 0.15) is 5.60 Å². The highest BCUT2D eigenvalue weighted by Crippen LogP contribution is 2.43. The van der Waals surface area contributed by atoms with Crippen molar-refractivity contribution in [3.05, 3.63) is 28.8 Å². The number of hydrogen-bond donors (Lipinski definition) is 2. The van der Waals surface area contributed by atoms with Crippen molar-refractivity contribution in [1.29, 1.82) is 0 Å². The smallest absolute Gasteiger partial charge is 0.280 e. The summed E-state index contributed by atoms with van der Waals surface area (Å²) in [4.78, 5) is 22.4. The van der Waals surface area contributed by atoms with Gasteiger partial charge in [-0.1, -0.05) is 12.2 Å². The van der Waals surface area contributed by atoms with Gasteiger partial charge in [0.2, 0.25) is 5.95 Å². The third kappa shape index (κ3) is 1.25. The van der Waals surface area contributed by atoms with E-state index < -0.39 is 0 Å². The highest BCUT2D eigenvalue weighted by Gasteiger charge is 2.47. The van der Waals surface area contributed by atoms with Gasteiger partial charge in [0.15, 0.2) is 11.2 Å². The van der Waals surface area contributed by atoms with E-state index in [-0.39, 0.29) is 23.2 Å². The molecule has 1 aliphatic heterocycles. The SMILES string of the molecule is Nc1nc2c(ncn2[C@H]2C=C[C@]3(CO3)C2)c(=O)[nH]1. The van der Waals surface area contributed by atoms with Crippen LogP contribution in [0.4, 0.5) is 5.95 Å². The number of hydrogen-bond acceptors (Lipinski definition) is 5. The van der Waals surface area contributed by atoms with Crippen LogP contribution in [0.25, 0.3) is 11.2 Å². The Morgan fingerprint density at radius 1 is 1.61 bits per heavy atom. The lowest BCUT2D eigenvalue weighted by Gasteiger charge is -2.11. The first kappa shape index (κ1) is 9.84. The van der Waals surface area contributed by atoms with E-state index in [0.717, 1.165) is 13.0 Å². The van der Waals surface area contributed by atoms with Crippen LogP contribution in [0.3, 0.4) is 0 Å². The van der Waals surface area contributed by atoms with Crippen LogP contribution in [0.5, 0.6) is 0 Å². The van der Waals surface area contributed by atoms with Crippen molar-refractivity contribution in [3.63, 3.8) is 0 Å². The van der Waals surface area contributed by atoms with Gasteiger partial charge in [-0.05, 0) is 0 Å². The van der Waals surface area contributed by atoms with Crippen molar-refractivity contribution in [1.82, 2.24) is 19.5 Å². The van der Waals surface area contributed by atoms with Crippen LogP contribution in [0.1, 0.15) is 12.5 Å². The van der Waals surface area contributed by atoms with Gasteiger partial charge in [0, 0.05) is 6.42 Å². The molecule has 0 bridgehead atoms. The number of imidazole rings is 1. The first-order valence-corrected chi connectivity index (χ1v) is 5.73. The molecular weight excluding hydrogens is 234 g/mol. The molecule has 2 aromatic rings. The molecule has 1 spiro atoms. The van der Waals surface area contributed by atoms with Gasteiger partial charge in [-0.25, -0.2) is 4.98 Å². The maximum Gasteiger partial charge on any atom is 0.280 e. The topological polar surface area (TPSA) is 102 Å². The number of nitrogens with one attached hydrogen (secondary N) is 1. The molecule has 7 nitrogen and oxygen atoms in total. The molecule has 0 unspecified atom stereocenters. The first-order valence-electron chi connectivity index (χ1n) is 5.73. The van der Waals surface area contributed by atoms with Crippen molar-refractivity contribution in [2.45, 2.75) is 18.1 Å². The van der Waals surface area contributed by atoms with Crippen molar-refractivity contribution in [3.8, 4) is 0 Å². The van der Waals surface area contributed by atoms with Crippen LogP contribution in [-0.2, 0) is 4.74 Å². The number of fused-ring (bicyclic) bond motifs is 1. The molecular formula is C11H11N5O2. The fraction of sp³-hybridized carbons (Fsp3) is 0.364. The summed E-state index contributed by atoms with van der Waals surface area (Å²) in [6.07, 6.45) is 6.61. The lowest BCUT2D eigenvalue weighted by Crippen LogP contribution is -2.14. The number of ether oxygens (including phenoxy) is 1. The Bertz CT molecular complexity index is 725. The zero-order chi connectivity index (χ0) is 12.3. The number of H-pyrrole nitrogens is 1. The molecule has 18 heavy (non-hydrogen) atoms. The minimum absolute atomic E-state index is 0.0893. The van der Waals surface area contributed by atoms with Crippen molar-refractivity contribution >= 4 is 17.1 Å². The summed E-state index contributed by atoms with van der Waals surface area (Å²) in [7, 11) is 0. The predicted octanol–water partition coefficient (Wildman–Crippen LogP) is -0.0282. The van der Waals surface area contributed by atoms with Gasteiger partial charge in [-0.3, -0.25) is 9.78 Å². The molecule has 0 radical (unpaired) electrons. The Hall–Kier alpha value is -2.15. The quantitative estimate of drug-likeness (QED) is 0.542. The molecule has 3 N–H and O–H groups in total. The number of epoxide rings is 1. The monoisotopic (exact) mass is 245 g/mol. The van der Waals surface area contributed by atoms with E-state index in [1.54, 1.807) is 6.33 Å². The number of aromatic nitrogens is 4. The minimum Gasteiger partial charge on any atom is -0.369 e. The second-order valence-corrected chi connectivity index (χ2v) is 4.76. The summed E-state index contributed by atoms with van der Waals surface area (Å²) in [5.41, 5.74) is 6.00. The highest BCUT2D eigenvalue weighted by molar-refractivity contribution is 5.70. The third-order valence-corrected chi connectivity index (χ3v) is 3.50. The number of rotatable bonds is 1. The van der Waals surface area contributed by atoms with Crippen LogP contribution in [0.15, 0.2) is 23.3 Å². The fourth-order valence-electron chi connectivity index (χ4n) is 2.46. The maximum absolute atomic E-state index is 11.7. The molecule has 7 heteroatoms. The lowest BCUT2D eigenvalue weighted by atomic mass is 10.1. The Kier molecular flexibility index (Phi) is 1.64. The van der Waals surface area contributed by atoms with E-state index in [9.17, 15) is 4.79 Å². The molecule has 2 aliphatic rings. The summed E-state index contributed by atoms with van der Waals surface area (Å²) in [6, 6.07) is 0.117. The molecule has 2 atom stereocenters. The second-order valence-electron chi connectivity index (χ2n) is 4.76. The van der Waals surface area contributed by atoms with Crippen LogP contribution in [0, 0.1) is 0 Å². The summed E-state index contributed by atoms with van der Waals surface area (Å²) in [5.74, 6) is 0.105. The Morgan fingerprint density at radius 3 is 3.17 bits per heavy atom. The van der Waals surface area contributed by atoms with E-state index in [0.29, 0.717) is 11.2 Å². The molecule has 0 amide bonds. The highest BCUT2D eigenvalue weighted by atomic mass is 16.6. The number of nitrogens with zero attached hydrogens (tertiary/aromatic N) is 3. The third-order valence-electron chi connectivity index (χ3n) is 3.50. The second kappa shape index (κ2) is 2.99. The average molecular weight is 245 g/mol. The van der Waals surface area contributed by atoms with Crippen LogP contribution >= 0.6 is 0 Å². The molecule has 92 valence electrons. The predicted molar refractivity (Wildman–Crippen MR) is 64.0 cm³/mol. The van der Waals surface area contributed by atoms with E-state index in [4.69, 9.17) is 10.5 Å². The number of anilines is 1. The zero-order valence-corrected chi connectivity index (χ0v) is 9.46. The van der Waals surface area contributed by atoms with Crippen molar-refractivity contribution in [2.24, 2.45) is 0 Å². The molecule has 1 aliphatic carbocycles. The van der Waals surface area contributed by atoms with Crippen LogP contribution in [-0.4, -0.2) is 31.7 Å². The normalized spacial score (nSPS) is 29.4. The van der Waals surface area contributed by atoms with Gasteiger partial charge in [-0.2, -0.15) is 4.98 Å². The van der Waals surface area contributed by atoms with Crippen LogP contribution in [0.2, 0.25) is 0 Å². The fourth-order valence-corrected chi connectivity index (χ4v) is 2.46. The minimum atomic E-state index is -0.310. The van der Waals surface area contributed by atoms with Crippen LogP contribution < -0.4 is 11.3 Å². The number of nitrogens with two attached hydrogens (primary N) is 1. The van der Waals surface area contributed by atoms with E-state index in [1.165, 1.54) is 0 Å². The zero-order valence-electron chi connectivity index (χ0n) is 9.46. The summed E-state index contributed by atoms with van der Waals surface area (Å²) in [6.45, 7) is 0.767. The molecule has 2 aromatic heterocycles. The molecule has 0 aromatic carbocycles. The molecule has 1 fully saturated rings. The van der Waals surface area contributed by atoms with E-state index in [1.807, 2.05) is 4.57 Å². The Morgan fingerprint density at radius 2 is 2.44 bits per heavy atom. The van der Waals surface area contributed by atoms with Crippen molar-refractivity contribution < 1.29 is 4.74 Å². The Labute approximate surface area is 101 Å². The van der Waals surface area contributed by atoms with Gasteiger partial charge in [0.25, 0.3) is 5.56 Å².